The Labute approximate surface area is 248 Å². The topological polar surface area (TPSA) is 107 Å². The van der Waals surface area contributed by atoms with E-state index in [4.69, 9.17) is 14.6 Å². The van der Waals surface area contributed by atoms with E-state index in [9.17, 15) is 9.59 Å². The van der Waals surface area contributed by atoms with Gasteiger partial charge in [0.05, 0.1) is 23.5 Å². The van der Waals surface area contributed by atoms with Crippen molar-refractivity contribution in [3.8, 4) is 16.5 Å². The summed E-state index contributed by atoms with van der Waals surface area (Å²) < 4.78 is 12.9. The normalized spacial score (nSPS) is 11.5. The minimum absolute atomic E-state index is 0.0350. The monoisotopic (exact) mass is 583 g/mol. The van der Waals surface area contributed by atoms with Crippen LogP contribution in [-0.4, -0.2) is 40.3 Å². The van der Waals surface area contributed by atoms with Gasteiger partial charge in [0.2, 0.25) is 0 Å². The third-order valence-corrected chi connectivity index (χ3v) is 7.50. The van der Waals surface area contributed by atoms with E-state index < -0.39 is 0 Å². The largest absolute Gasteiger partial charge is 0.457 e. The maximum absolute atomic E-state index is 13.3. The van der Waals surface area contributed by atoms with Gasteiger partial charge >= 0.3 is 6.03 Å². The lowest BCUT2D eigenvalue weighted by molar-refractivity contribution is -0.122. The first kappa shape index (κ1) is 29.0. The summed E-state index contributed by atoms with van der Waals surface area (Å²) in [5, 5.41) is 15.4. The zero-order chi connectivity index (χ0) is 29.9. The Kier molecular flexibility index (Phi) is 8.37. The fourth-order valence-electron chi connectivity index (χ4n) is 4.43. The number of pyridine rings is 1. The van der Waals surface area contributed by atoms with E-state index in [2.05, 4.69) is 41.8 Å². The lowest BCUT2D eigenvalue weighted by Gasteiger charge is -2.14. The maximum atomic E-state index is 13.3. The molecule has 5 rings (SSSR count). The lowest BCUT2D eigenvalue weighted by Crippen LogP contribution is -2.21. The van der Waals surface area contributed by atoms with Crippen LogP contribution in [0, 0.1) is 6.92 Å². The van der Waals surface area contributed by atoms with Gasteiger partial charge in [0, 0.05) is 41.6 Å². The number of carbonyl (C=O) groups is 2. The first-order valence-corrected chi connectivity index (χ1v) is 14.4. The number of ketones is 1. The van der Waals surface area contributed by atoms with Gasteiger partial charge in [-0.25, -0.2) is 9.48 Å². The summed E-state index contributed by atoms with van der Waals surface area (Å²) in [7, 11) is 1.49. The molecule has 3 heterocycles. The van der Waals surface area contributed by atoms with E-state index in [-0.39, 0.29) is 30.3 Å². The van der Waals surface area contributed by atoms with Crippen molar-refractivity contribution in [3.05, 3.63) is 89.2 Å². The second kappa shape index (κ2) is 12.1. The predicted octanol–water partition coefficient (Wildman–Crippen LogP) is 7.28. The van der Waals surface area contributed by atoms with Crippen LogP contribution in [0.2, 0.25) is 0 Å². The number of anilines is 2. The number of ether oxygens (including phenoxy) is 2. The average molecular weight is 584 g/mol. The third-order valence-electron chi connectivity index (χ3n) is 6.48. The van der Waals surface area contributed by atoms with Crippen molar-refractivity contribution < 1.29 is 19.1 Å². The van der Waals surface area contributed by atoms with Crippen LogP contribution in [0.25, 0.3) is 15.8 Å². The number of rotatable bonds is 9. The summed E-state index contributed by atoms with van der Waals surface area (Å²) in [6.07, 6.45) is 1.77. The molecule has 10 heteroatoms. The Balaban J connectivity index is 1.38. The smallest absolute Gasteiger partial charge is 0.324 e. The highest BCUT2D eigenvalue weighted by atomic mass is 32.1. The Morgan fingerprint density at radius 3 is 2.50 bits per heavy atom. The molecule has 0 spiro atoms. The van der Waals surface area contributed by atoms with Crippen molar-refractivity contribution in [2.24, 2.45) is 0 Å². The molecule has 0 aliphatic heterocycles. The summed E-state index contributed by atoms with van der Waals surface area (Å²) in [6.45, 7) is 8.34. The zero-order valence-corrected chi connectivity index (χ0v) is 25.0. The fraction of sp³-hybridized carbons (Fsp3) is 0.250. The van der Waals surface area contributed by atoms with Crippen LogP contribution in [-0.2, 0) is 21.4 Å². The van der Waals surface area contributed by atoms with Gasteiger partial charge in [-0.3, -0.25) is 15.1 Å². The number of urea groups is 1. The minimum Gasteiger partial charge on any atom is -0.457 e. The number of Topliss-reactive ketones (excluding diaryl/α,β-unsaturated/α-hetero) is 1. The molecule has 9 nitrogen and oxygen atoms in total. The summed E-state index contributed by atoms with van der Waals surface area (Å²) >= 11 is 1.57. The number of carbonyl (C=O) groups excluding carboxylic acids is 2. The van der Waals surface area contributed by atoms with Crippen LogP contribution in [0.4, 0.5) is 16.3 Å². The molecule has 0 aliphatic carbocycles. The molecule has 5 aromatic rings. The number of benzene rings is 2. The van der Waals surface area contributed by atoms with Gasteiger partial charge in [-0.15, -0.1) is 11.3 Å². The van der Waals surface area contributed by atoms with E-state index in [1.54, 1.807) is 34.3 Å². The number of aromatic nitrogens is 3. The summed E-state index contributed by atoms with van der Waals surface area (Å²) in [5.74, 6) is 1.68. The van der Waals surface area contributed by atoms with Crippen LogP contribution in [0.1, 0.15) is 37.7 Å². The minimum atomic E-state index is -0.386. The van der Waals surface area contributed by atoms with Gasteiger partial charge in [0.25, 0.3) is 0 Å². The molecule has 3 aromatic heterocycles. The van der Waals surface area contributed by atoms with Crippen molar-refractivity contribution in [3.63, 3.8) is 0 Å². The SMILES string of the molecule is COCC(=O)Cc1cc(Oc2ccc(NC(=O)Nc3cc(C(C)(C)C)nn3-c3cc(C)cs3)c3ccccc23)ccn1. The number of aryl methyl sites for hydroxylation is 1. The summed E-state index contributed by atoms with van der Waals surface area (Å²) in [5.41, 5.74) is 3.05. The van der Waals surface area contributed by atoms with Crippen molar-refractivity contribution >= 4 is 45.4 Å². The molecule has 0 radical (unpaired) electrons. The average Bonchev–Trinajstić information content (AvgIpc) is 3.56. The van der Waals surface area contributed by atoms with Crippen molar-refractivity contribution in [1.29, 1.82) is 0 Å². The second-order valence-corrected chi connectivity index (χ2v) is 11.9. The number of nitrogens with one attached hydrogen (secondary N) is 2. The van der Waals surface area contributed by atoms with Gasteiger partial charge in [-0.2, -0.15) is 5.10 Å². The number of nitrogens with zero attached hydrogens (tertiary/aromatic N) is 3. The third kappa shape index (κ3) is 6.67. The van der Waals surface area contributed by atoms with E-state index in [1.165, 1.54) is 7.11 Å². The van der Waals surface area contributed by atoms with Crippen LogP contribution in [0.3, 0.4) is 0 Å². The molecular weight excluding hydrogens is 550 g/mol. The summed E-state index contributed by atoms with van der Waals surface area (Å²) in [4.78, 5) is 29.5. The van der Waals surface area contributed by atoms with Crippen LogP contribution in [0.15, 0.2) is 72.2 Å². The predicted molar refractivity (Wildman–Crippen MR) is 166 cm³/mol. The number of hydrogen-bond donors (Lipinski definition) is 2. The molecule has 0 fully saturated rings. The van der Waals surface area contributed by atoms with Gasteiger partial charge in [0.1, 0.15) is 28.9 Å². The highest BCUT2D eigenvalue weighted by Crippen LogP contribution is 2.35. The lowest BCUT2D eigenvalue weighted by atomic mass is 9.92. The highest BCUT2D eigenvalue weighted by Gasteiger charge is 2.22. The molecule has 0 aliphatic rings. The number of amides is 2. The Morgan fingerprint density at radius 1 is 1.00 bits per heavy atom. The van der Waals surface area contributed by atoms with E-state index in [0.29, 0.717) is 28.7 Å². The van der Waals surface area contributed by atoms with Crippen molar-refractivity contribution in [2.75, 3.05) is 24.4 Å². The molecule has 0 atom stereocenters. The van der Waals surface area contributed by atoms with Crippen LogP contribution >= 0.6 is 11.3 Å². The fourth-order valence-corrected chi connectivity index (χ4v) is 5.30. The molecule has 2 N–H and O–H groups in total. The number of hydrogen-bond acceptors (Lipinski definition) is 7. The maximum Gasteiger partial charge on any atom is 0.324 e. The van der Waals surface area contributed by atoms with E-state index in [0.717, 1.165) is 27.0 Å². The highest BCUT2D eigenvalue weighted by molar-refractivity contribution is 7.12. The van der Waals surface area contributed by atoms with Crippen molar-refractivity contribution in [1.82, 2.24) is 14.8 Å². The van der Waals surface area contributed by atoms with Gasteiger partial charge in [-0.05, 0) is 42.1 Å². The number of fused-ring (bicyclic) bond motifs is 1. The summed E-state index contributed by atoms with van der Waals surface area (Å²) in [6, 6.07) is 18.3. The molecule has 216 valence electrons. The van der Waals surface area contributed by atoms with Crippen LogP contribution in [0.5, 0.6) is 11.5 Å². The second-order valence-electron chi connectivity index (χ2n) is 11.0. The molecule has 2 aromatic carbocycles. The Hall–Kier alpha value is -4.54. The Bertz CT molecular complexity index is 1750. The van der Waals surface area contributed by atoms with Crippen LogP contribution < -0.4 is 15.4 Å². The Morgan fingerprint density at radius 2 is 1.79 bits per heavy atom. The molecule has 0 saturated carbocycles. The molecule has 42 heavy (non-hydrogen) atoms. The molecule has 0 saturated heterocycles. The van der Waals surface area contributed by atoms with Gasteiger partial charge in [-0.1, -0.05) is 45.0 Å². The van der Waals surface area contributed by atoms with E-state index in [1.807, 2.05) is 55.5 Å². The molecular formula is C32H33N5O4S. The first-order valence-electron chi connectivity index (χ1n) is 13.5. The number of methoxy groups -OCH3 is 1. The quantitative estimate of drug-likeness (QED) is 0.189. The standard InChI is InChI=1S/C32H33N5O4S/c1-20-14-30(42-19-20)37-29(17-28(36-37)32(2,3)4)35-31(39)34-26-10-11-27(25-9-7-6-8-24(25)26)41-23-12-13-33-21(16-23)15-22(38)18-40-5/h6-14,16-17,19H,15,18H2,1-5H3,(H2,34,35,39). The zero-order valence-electron chi connectivity index (χ0n) is 24.2. The van der Waals surface area contributed by atoms with E-state index >= 15 is 0 Å². The molecule has 0 bridgehead atoms. The van der Waals surface area contributed by atoms with Gasteiger partial charge in [0.15, 0.2) is 5.78 Å². The number of thiophene rings is 1. The van der Waals surface area contributed by atoms with Crippen molar-refractivity contribution in [2.45, 2.75) is 39.5 Å². The van der Waals surface area contributed by atoms with Gasteiger partial charge < -0.3 is 14.8 Å². The molecule has 2 amide bonds. The first-order chi connectivity index (χ1) is 20.1. The molecule has 0 unspecified atom stereocenters.